The lowest BCUT2D eigenvalue weighted by atomic mass is 10.1. The molecule has 1 aromatic heterocycles. The smallest absolute Gasteiger partial charge is 0.349 e. The summed E-state index contributed by atoms with van der Waals surface area (Å²) in [7, 11) is 3.16. The summed E-state index contributed by atoms with van der Waals surface area (Å²) in [6, 6.07) is 17.1. The Kier molecular flexibility index (Phi) is 7.45. The molecule has 0 saturated heterocycles. The third-order valence-corrected chi connectivity index (χ3v) is 5.35. The van der Waals surface area contributed by atoms with Gasteiger partial charge in [0, 0.05) is 12.1 Å². The Bertz CT molecular complexity index is 1000. The molecule has 0 fully saturated rings. The number of amides is 1. The molecule has 0 aliphatic carbocycles. The van der Waals surface area contributed by atoms with Crippen LogP contribution in [0, 0.1) is 0 Å². The molecule has 0 bridgehead atoms. The Morgan fingerprint density at radius 3 is 2.47 bits per heavy atom. The maximum atomic E-state index is 12.4. The second-order valence-corrected chi connectivity index (χ2v) is 7.31. The first-order valence-corrected chi connectivity index (χ1v) is 10.3. The summed E-state index contributed by atoms with van der Waals surface area (Å²) in [5.74, 6) is 0.446. The van der Waals surface area contributed by atoms with Crippen LogP contribution in [0.2, 0.25) is 0 Å². The van der Waals surface area contributed by atoms with E-state index in [0.717, 1.165) is 16.7 Å². The van der Waals surface area contributed by atoms with E-state index < -0.39 is 5.97 Å². The van der Waals surface area contributed by atoms with Crippen LogP contribution in [0.4, 0.5) is 0 Å². The van der Waals surface area contributed by atoms with E-state index in [0.29, 0.717) is 29.3 Å². The van der Waals surface area contributed by atoms with Crippen molar-refractivity contribution in [2.75, 3.05) is 27.4 Å². The van der Waals surface area contributed by atoms with Gasteiger partial charge in [-0.05, 0) is 41.1 Å². The Morgan fingerprint density at radius 2 is 1.73 bits per heavy atom. The average Bonchev–Trinajstić information content (AvgIpc) is 3.28. The molecule has 1 amide bonds. The first-order chi connectivity index (χ1) is 14.6. The molecule has 0 aliphatic heterocycles. The first-order valence-electron chi connectivity index (χ1n) is 9.40. The van der Waals surface area contributed by atoms with E-state index in [-0.39, 0.29) is 12.5 Å². The van der Waals surface area contributed by atoms with Crippen molar-refractivity contribution in [3.8, 4) is 22.6 Å². The van der Waals surface area contributed by atoms with Gasteiger partial charge in [-0.15, -0.1) is 11.3 Å². The molecule has 0 spiro atoms. The van der Waals surface area contributed by atoms with Gasteiger partial charge in [-0.25, -0.2) is 4.79 Å². The molecule has 0 saturated carbocycles. The van der Waals surface area contributed by atoms with Crippen LogP contribution in [0.1, 0.15) is 15.2 Å². The molecule has 1 heterocycles. The largest absolute Gasteiger partial charge is 0.493 e. The van der Waals surface area contributed by atoms with Crippen molar-refractivity contribution in [2.45, 2.75) is 6.42 Å². The number of benzene rings is 2. The van der Waals surface area contributed by atoms with Gasteiger partial charge in [0.25, 0.3) is 5.91 Å². The zero-order valence-corrected chi connectivity index (χ0v) is 17.7. The normalized spacial score (nSPS) is 10.3. The molecule has 7 heteroatoms. The highest BCUT2D eigenvalue weighted by Gasteiger charge is 2.17. The molecule has 156 valence electrons. The van der Waals surface area contributed by atoms with E-state index >= 15 is 0 Å². The number of nitrogens with one attached hydrogen (secondary N) is 1. The van der Waals surface area contributed by atoms with E-state index in [1.165, 1.54) is 11.3 Å². The molecule has 2 aromatic carbocycles. The summed E-state index contributed by atoms with van der Waals surface area (Å²) in [5.41, 5.74) is 2.74. The Hall–Kier alpha value is -3.32. The predicted molar refractivity (Wildman–Crippen MR) is 116 cm³/mol. The number of thiophene rings is 1. The maximum Gasteiger partial charge on any atom is 0.349 e. The van der Waals surface area contributed by atoms with Gasteiger partial charge in [-0.3, -0.25) is 4.79 Å². The summed E-state index contributed by atoms with van der Waals surface area (Å²) in [4.78, 5) is 25.0. The third kappa shape index (κ3) is 5.39. The third-order valence-electron chi connectivity index (χ3n) is 4.45. The van der Waals surface area contributed by atoms with Crippen LogP contribution < -0.4 is 14.8 Å². The molecule has 3 aromatic rings. The highest BCUT2D eigenvalue weighted by atomic mass is 32.1. The monoisotopic (exact) mass is 425 g/mol. The topological polar surface area (TPSA) is 73.9 Å². The lowest BCUT2D eigenvalue weighted by Gasteiger charge is -2.10. The summed E-state index contributed by atoms with van der Waals surface area (Å²) in [5, 5.41) is 4.59. The summed E-state index contributed by atoms with van der Waals surface area (Å²) in [6.07, 6.45) is 0.614. The number of hydrogen-bond donors (Lipinski definition) is 1. The fourth-order valence-corrected chi connectivity index (χ4v) is 3.75. The van der Waals surface area contributed by atoms with Crippen molar-refractivity contribution in [3.05, 3.63) is 70.4 Å². The zero-order chi connectivity index (χ0) is 21.3. The van der Waals surface area contributed by atoms with Gasteiger partial charge in [0.1, 0.15) is 4.88 Å². The van der Waals surface area contributed by atoms with E-state index in [9.17, 15) is 9.59 Å². The molecule has 0 unspecified atom stereocenters. The lowest BCUT2D eigenvalue weighted by Crippen LogP contribution is -2.30. The van der Waals surface area contributed by atoms with Crippen LogP contribution in [0.15, 0.2) is 60.0 Å². The number of ether oxygens (including phenoxy) is 3. The SMILES string of the molecule is COc1ccc(CCNC(=O)COC(=O)c2sccc2-c2ccccc2)cc1OC. The van der Waals surface area contributed by atoms with Crippen molar-refractivity contribution in [2.24, 2.45) is 0 Å². The number of carbonyl (C=O) groups is 2. The minimum absolute atomic E-state index is 0.323. The van der Waals surface area contributed by atoms with Crippen LogP contribution in [0.5, 0.6) is 11.5 Å². The second kappa shape index (κ2) is 10.5. The van der Waals surface area contributed by atoms with E-state index in [2.05, 4.69) is 5.32 Å². The lowest BCUT2D eigenvalue weighted by molar-refractivity contribution is -0.124. The van der Waals surface area contributed by atoms with E-state index in [4.69, 9.17) is 14.2 Å². The van der Waals surface area contributed by atoms with Crippen LogP contribution in [0.25, 0.3) is 11.1 Å². The van der Waals surface area contributed by atoms with Crippen molar-refractivity contribution < 1.29 is 23.8 Å². The predicted octanol–water partition coefficient (Wildman–Crippen LogP) is 3.95. The number of esters is 1. The number of rotatable bonds is 9. The molecular weight excluding hydrogens is 402 g/mol. The summed E-state index contributed by atoms with van der Waals surface area (Å²) < 4.78 is 15.7. The standard InChI is InChI=1S/C23H23NO5S/c1-27-19-9-8-16(14-20(19)28-2)10-12-24-21(25)15-29-23(26)22-18(11-13-30-22)17-6-4-3-5-7-17/h3-9,11,13-14H,10,12,15H2,1-2H3,(H,24,25). The molecule has 0 radical (unpaired) electrons. The van der Waals surface area contributed by atoms with Gasteiger partial charge in [0.2, 0.25) is 0 Å². The summed E-state index contributed by atoms with van der Waals surface area (Å²) in [6.45, 7) is 0.0943. The van der Waals surface area contributed by atoms with Crippen LogP contribution in [0.3, 0.4) is 0 Å². The van der Waals surface area contributed by atoms with Gasteiger partial charge in [-0.2, -0.15) is 0 Å². The van der Waals surface area contributed by atoms with E-state index in [1.54, 1.807) is 14.2 Å². The average molecular weight is 426 g/mol. The van der Waals surface area contributed by atoms with Crippen LogP contribution in [-0.4, -0.2) is 39.2 Å². The number of methoxy groups -OCH3 is 2. The Balaban J connectivity index is 1.48. The maximum absolute atomic E-state index is 12.4. The number of carbonyl (C=O) groups excluding carboxylic acids is 2. The second-order valence-electron chi connectivity index (χ2n) is 6.39. The van der Waals surface area contributed by atoms with Crippen molar-refractivity contribution in [1.82, 2.24) is 5.32 Å². The van der Waals surface area contributed by atoms with Crippen LogP contribution in [-0.2, 0) is 16.0 Å². The highest BCUT2D eigenvalue weighted by Crippen LogP contribution is 2.29. The van der Waals surface area contributed by atoms with Crippen LogP contribution >= 0.6 is 11.3 Å². The Morgan fingerprint density at radius 1 is 0.967 bits per heavy atom. The van der Waals surface area contributed by atoms with Gasteiger partial charge >= 0.3 is 5.97 Å². The van der Waals surface area contributed by atoms with Crippen molar-refractivity contribution in [1.29, 1.82) is 0 Å². The summed E-state index contributed by atoms with van der Waals surface area (Å²) >= 11 is 1.30. The molecule has 6 nitrogen and oxygen atoms in total. The van der Waals surface area contributed by atoms with Gasteiger partial charge in [-0.1, -0.05) is 36.4 Å². The molecule has 3 rings (SSSR count). The molecule has 0 atom stereocenters. The van der Waals surface area contributed by atoms with Gasteiger partial charge in [0.05, 0.1) is 14.2 Å². The molecule has 30 heavy (non-hydrogen) atoms. The zero-order valence-electron chi connectivity index (χ0n) is 16.8. The van der Waals surface area contributed by atoms with Crippen molar-refractivity contribution in [3.63, 3.8) is 0 Å². The molecule has 0 aliphatic rings. The molecular formula is C23H23NO5S. The minimum Gasteiger partial charge on any atom is -0.493 e. The van der Waals surface area contributed by atoms with E-state index in [1.807, 2.05) is 60.0 Å². The minimum atomic E-state index is -0.501. The van der Waals surface area contributed by atoms with Gasteiger partial charge in [0.15, 0.2) is 18.1 Å². The molecule has 1 N–H and O–H groups in total. The Labute approximate surface area is 179 Å². The van der Waals surface area contributed by atoms with Gasteiger partial charge < -0.3 is 19.5 Å². The number of hydrogen-bond acceptors (Lipinski definition) is 6. The first kappa shape index (κ1) is 21.4. The fourth-order valence-electron chi connectivity index (χ4n) is 2.94. The highest BCUT2D eigenvalue weighted by molar-refractivity contribution is 7.12. The quantitative estimate of drug-likeness (QED) is 0.526. The van der Waals surface area contributed by atoms with Crippen molar-refractivity contribution >= 4 is 23.2 Å². The fraction of sp³-hybridized carbons (Fsp3) is 0.217.